The molecule has 0 spiro atoms. The highest BCUT2D eigenvalue weighted by atomic mass is 32.1. The summed E-state index contributed by atoms with van der Waals surface area (Å²) >= 11 is 4.97. The summed E-state index contributed by atoms with van der Waals surface area (Å²) in [6, 6.07) is 10.9. The van der Waals surface area contributed by atoms with Crippen LogP contribution in [0, 0.1) is 12.7 Å². The first-order chi connectivity index (χ1) is 9.91. The first kappa shape index (κ1) is 15.4. The quantitative estimate of drug-likeness (QED) is 0.808. The van der Waals surface area contributed by atoms with E-state index in [1.807, 2.05) is 19.1 Å². The Kier molecular flexibility index (Phi) is 4.58. The fourth-order valence-electron chi connectivity index (χ4n) is 2.36. The number of nitrogens with two attached hydrogens (primary N) is 1. The van der Waals surface area contributed by atoms with Crippen molar-refractivity contribution in [2.75, 3.05) is 5.32 Å². The van der Waals surface area contributed by atoms with Crippen LogP contribution in [0.25, 0.3) is 0 Å². The third-order valence-corrected chi connectivity index (χ3v) is 3.65. The Hall–Kier alpha value is -1.94. The molecule has 0 heterocycles. The van der Waals surface area contributed by atoms with E-state index in [0.29, 0.717) is 11.6 Å². The second-order valence-electron chi connectivity index (χ2n) is 5.35. The Labute approximate surface area is 130 Å². The molecule has 0 aromatic heterocycles. The molecule has 0 radical (unpaired) electrons. The molecule has 0 bridgehead atoms. The van der Waals surface area contributed by atoms with Crippen molar-refractivity contribution in [3.05, 3.63) is 58.9 Å². The average molecular weight is 302 g/mol. The summed E-state index contributed by atoms with van der Waals surface area (Å²) in [5, 5.41) is 3.31. The zero-order chi connectivity index (χ0) is 15.6. The minimum absolute atomic E-state index is 0.0512. The number of benzene rings is 2. The van der Waals surface area contributed by atoms with Crippen LogP contribution in [-0.2, 0) is 0 Å². The summed E-state index contributed by atoms with van der Waals surface area (Å²) in [4.78, 5) is 0.0512. The van der Waals surface area contributed by atoms with Crippen LogP contribution in [0.2, 0.25) is 0 Å². The van der Waals surface area contributed by atoms with Gasteiger partial charge >= 0.3 is 0 Å². The van der Waals surface area contributed by atoms with E-state index in [-0.39, 0.29) is 10.6 Å². The van der Waals surface area contributed by atoms with Crippen molar-refractivity contribution in [2.24, 2.45) is 5.73 Å². The molecular weight excluding hydrogens is 283 g/mol. The number of hydrogen-bond acceptors (Lipinski definition) is 2. The standard InChI is InChI=1S/C17H19FN2S/c1-10(2)12-7-4-6-11(3)16(12)20-14-9-5-8-13(18)15(14)17(19)21/h4-10,20H,1-3H3,(H2,19,21). The number of thiocarbonyl (C=S) groups is 1. The molecule has 0 aliphatic heterocycles. The van der Waals surface area contributed by atoms with Crippen molar-refractivity contribution in [3.8, 4) is 0 Å². The second-order valence-corrected chi connectivity index (χ2v) is 5.79. The maximum absolute atomic E-state index is 14.0. The smallest absolute Gasteiger partial charge is 0.135 e. The van der Waals surface area contributed by atoms with Crippen molar-refractivity contribution < 1.29 is 4.39 Å². The molecule has 3 N–H and O–H groups in total. The average Bonchev–Trinajstić information content (AvgIpc) is 2.40. The SMILES string of the molecule is Cc1cccc(C(C)C)c1Nc1cccc(F)c1C(N)=S. The second kappa shape index (κ2) is 6.22. The molecule has 2 nitrogen and oxygen atoms in total. The number of hydrogen-bond donors (Lipinski definition) is 2. The van der Waals surface area contributed by atoms with Gasteiger partial charge in [0.2, 0.25) is 0 Å². The zero-order valence-electron chi connectivity index (χ0n) is 12.4. The summed E-state index contributed by atoms with van der Waals surface area (Å²) in [6.07, 6.45) is 0. The number of aryl methyl sites for hydroxylation is 1. The van der Waals surface area contributed by atoms with Crippen LogP contribution in [0.5, 0.6) is 0 Å². The monoisotopic (exact) mass is 302 g/mol. The van der Waals surface area contributed by atoms with Gasteiger partial charge in [0.05, 0.1) is 11.3 Å². The first-order valence-electron chi connectivity index (χ1n) is 6.86. The van der Waals surface area contributed by atoms with Crippen LogP contribution >= 0.6 is 12.2 Å². The van der Waals surface area contributed by atoms with Gasteiger partial charge in [-0.15, -0.1) is 0 Å². The van der Waals surface area contributed by atoms with Gasteiger partial charge in [-0.1, -0.05) is 50.3 Å². The van der Waals surface area contributed by atoms with Gasteiger partial charge in [0.1, 0.15) is 10.8 Å². The van der Waals surface area contributed by atoms with Gasteiger partial charge in [0.25, 0.3) is 0 Å². The van der Waals surface area contributed by atoms with Crippen molar-refractivity contribution in [2.45, 2.75) is 26.7 Å². The van der Waals surface area contributed by atoms with Gasteiger partial charge in [-0.05, 0) is 36.1 Å². The number of rotatable bonds is 4. The Balaban J connectivity index is 2.54. The minimum atomic E-state index is -0.410. The molecule has 0 unspecified atom stereocenters. The lowest BCUT2D eigenvalue weighted by atomic mass is 9.97. The van der Waals surface area contributed by atoms with Gasteiger partial charge in [-0.25, -0.2) is 4.39 Å². The Bertz CT molecular complexity index is 680. The molecule has 2 aromatic carbocycles. The van der Waals surface area contributed by atoms with Gasteiger partial charge in [0.15, 0.2) is 0 Å². The van der Waals surface area contributed by atoms with E-state index in [4.69, 9.17) is 18.0 Å². The van der Waals surface area contributed by atoms with Crippen LogP contribution in [-0.4, -0.2) is 4.99 Å². The lowest BCUT2D eigenvalue weighted by Gasteiger charge is -2.19. The van der Waals surface area contributed by atoms with Gasteiger partial charge in [-0.3, -0.25) is 0 Å². The fourth-order valence-corrected chi connectivity index (χ4v) is 2.56. The molecule has 0 amide bonds. The van der Waals surface area contributed by atoms with Crippen molar-refractivity contribution in [1.82, 2.24) is 0 Å². The van der Waals surface area contributed by atoms with E-state index in [1.54, 1.807) is 12.1 Å². The minimum Gasteiger partial charge on any atom is -0.389 e. The number of nitrogens with one attached hydrogen (secondary N) is 1. The van der Waals surface area contributed by atoms with Gasteiger partial charge in [0, 0.05) is 5.69 Å². The molecule has 21 heavy (non-hydrogen) atoms. The molecule has 2 rings (SSSR count). The maximum atomic E-state index is 14.0. The summed E-state index contributed by atoms with van der Waals surface area (Å²) in [5.41, 5.74) is 9.76. The van der Waals surface area contributed by atoms with E-state index in [0.717, 1.165) is 11.3 Å². The van der Waals surface area contributed by atoms with Crippen molar-refractivity contribution in [1.29, 1.82) is 0 Å². The number of anilines is 2. The number of halogens is 1. The Morgan fingerprint density at radius 2 is 1.86 bits per heavy atom. The van der Waals surface area contributed by atoms with Crippen molar-refractivity contribution >= 4 is 28.6 Å². The Morgan fingerprint density at radius 1 is 1.19 bits per heavy atom. The van der Waals surface area contributed by atoms with Crippen LogP contribution in [0.4, 0.5) is 15.8 Å². The predicted molar refractivity (Wildman–Crippen MR) is 90.8 cm³/mol. The van der Waals surface area contributed by atoms with E-state index in [2.05, 4.69) is 25.2 Å². The molecule has 2 aromatic rings. The molecule has 0 fully saturated rings. The third-order valence-electron chi connectivity index (χ3n) is 3.45. The maximum Gasteiger partial charge on any atom is 0.135 e. The summed E-state index contributed by atoms with van der Waals surface area (Å²) < 4.78 is 14.0. The fraction of sp³-hybridized carbons (Fsp3) is 0.235. The molecule has 0 aliphatic rings. The van der Waals surface area contributed by atoms with Crippen LogP contribution in [0.15, 0.2) is 36.4 Å². The highest BCUT2D eigenvalue weighted by Crippen LogP contribution is 2.32. The molecule has 4 heteroatoms. The predicted octanol–water partition coefficient (Wildman–Crippen LogP) is 4.64. The lowest BCUT2D eigenvalue weighted by Crippen LogP contribution is -2.14. The molecule has 110 valence electrons. The molecule has 0 aliphatic carbocycles. The highest BCUT2D eigenvalue weighted by Gasteiger charge is 2.14. The summed E-state index contributed by atoms with van der Waals surface area (Å²) in [6.45, 7) is 6.27. The summed E-state index contributed by atoms with van der Waals surface area (Å²) in [5.74, 6) is -0.0542. The highest BCUT2D eigenvalue weighted by molar-refractivity contribution is 7.80. The van der Waals surface area contributed by atoms with E-state index in [1.165, 1.54) is 11.6 Å². The molecular formula is C17H19FN2S. The largest absolute Gasteiger partial charge is 0.389 e. The molecule has 0 atom stereocenters. The first-order valence-corrected chi connectivity index (χ1v) is 7.27. The molecule has 0 saturated heterocycles. The van der Waals surface area contributed by atoms with Crippen LogP contribution in [0.3, 0.4) is 0 Å². The van der Waals surface area contributed by atoms with Crippen LogP contribution in [0.1, 0.15) is 36.5 Å². The Morgan fingerprint density at radius 3 is 2.48 bits per heavy atom. The summed E-state index contributed by atoms with van der Waals surface area (Å²) in [7, 11) is 0. The third kappa shape index (κ3) is 3.22. The molecule has 0 saturated carbocycles. The lowest BCUT2D eigenvalue weighted by molar-refractivity contribution is 0.626. The normalized spacial score (nSPS) is 10.7. The van der Waals surface area contributed by atoms with E-state index < -0.39 is 5.82 Å². The van der Waals surface area contributed by atoms with E-state index >= 15 is 0 Å². The zero-order valence-corrected chi connectivity index (χ0v) is 13.2. The van der Waals surface area contributed by atoms with E-state index in [9.17, 15) is 4.39 Å². The van der Waals surface area contributed by atoms with Crippen LogP contribution < -0.4 is 11.1 Å². The van der Waals surface area contributed by atoms with Crippen molar-refractivity contribution in [3.63, 3.8) is 0 Å². The topological polar surface area (TPSA) is 38.0 Å². The number of para-hydroxylation sites is 1. The van der Waals surface area contributed by atoms with Gasteiger partial charge < -0.3 is 11.1 Å². The van der Waals surface area contributed by atoms with Gasteiger partial charge in [-0.2, -0.15) is 0 Å².